The number of anilines is 2. The number of nitrogens with zero attached hydrogens (tertiary/aromatic N) is 3. The summed E-state index contributed by atoms with van der Waals surface area (Å²) in [7, 11) is 1.61. The first-order valence-electron chi connectivity index (χ1n) is 8.39. The molecule has 1 aliphatic rings. The number of aromatic nitrogens is 2. The Hall–Kier alpha value is -2.83. The number of amides is 2. The van der Waals surface area contributed by atoms with E-state index in [4.69, 9.17) is 4.74 Å². The van der Waals surface area contributed by atoms with E-state index >= 15 is 0 Å². The van der Waals surface area contributed by atoms with Crippen LogP contribution in [-0.2, 0) is 0 Å². The second-order valence-corrected chi connectivity index (χ2v) is 6.11. The molecule has 1 aromatic carbocycles. The van der Waals surface area contributed by atoms with Gasteiger partial charge < -0.3 is 20.3 Å². The van der Waals surface area contributed by atoms with Crippen LogP contribution in [0.5, 0.6) is 5.75 Å². The SMILES string of the molecule is COc1cccc(NC(=O)N2CCC(Nc3cc(C)ncn3)CC2)c1. The fourth-order valence-electron chi connectivity index (χ4n) is 2.87. The van der Waals surface area contributed by atoms with Crippen LogP contribution in [0.4, 0.5) is 16.3 Å². The predicted octanol–water partition coefficient (Wildman–Crippen LogP) is 2.90. The Labute approximate surface area is 147 Å². The number of methoxy groups -OCH3 is 1. The van der Waals surface area contributed by atoms with Crippen molar-refractivity contribution < 1.29 is 9.53 Å². The summed E-state index contributed by atoms with van der Waals surface area (Å²) in [5.41, 5.74) is 1.67. The maximum atomic E-state index is 12.4. The third-order valence-electron chi connectivity index (χ3n) is 4.26. The summed E-state index contributed by atoms with van der Waals surface area (Å²) in [5, 5.41) is 6.34. The smallest absolute Gasteiger partial charge is 0.321 e. The largest absolute Gasteiger partial charge is 0.497 e. The van der Waals surface area contributed by atoms with E-state index in [1.807, 2.05) is 42.2 Å². The van der Waals surface area contributed by atoms with Crippen molar-refractivity contribution in [2.75, 3.05) is 30.8 Å². The van der Waals surface area contributed by atoms with Crippen molar-refractivity contribution in [2.45, 2.75) is 25.8 Å². The number of hydrogen-bond donors (Lipinski definition) is 2. The van der Waals surface area contributed by atoms with Crippen molar-refractivity contribution in [1.82, 2.24) is 14.9 Å². The number of benzene rings is 1. The molecule has 1 saturated heterocycles. The second kappa shape index (κ2) is 7.83. The standard InChI is InChI=1S/C18H23N5O2/c1-13-10-17(20-12-19-13)21-14-6-8-23(9-7-14)18(24)22-15-4-3-5-16(11-15)25-2/h3-5,10-12,14H,6-9H2,1-2H3,(H,22,24)(H,19,20,21). The van der Waals surface area contributed by atoms with Crippen molar-refractivity contribution >= 4 is 17.5 Å². The number of aryl methyl sites for hydroxylation is 1. The second-order valence-electron chi connectivity index (χ2n) is 6.11. The molecule has 2 aromatic rings. The van der Waals surface area contributed by atoms with Crippen molar-refractivity contribution in [3.05, 3.63) is 42.4 Å². The predicted molar refractivity (Wildman–Crippen MR) is 97.0 cm³/mol. The Morgan fingerprint density at radius 2 is 2.04 bits per heavy atom. The van der Waals surface area contributed by atoms with Crippen LogP contribution in [0.3, 0.4) is 0 Å². The van der Waals surface area contributed by atoms with Crippen LogP contribution in [0.2, 0.25) is 0 Å². The number of hydrogen-bond acceptors (Lipinski definition) is 5. The van der Waals surface area contributed by atoms with Gasteiger partial charge in [-0.2, -0.15) is 0 Å². The lowest BCUT2D eigenvalue weighted by Crippen LogP contribution is -2.44. The van der Waals surface area contributed by atoms with Crippen LogP contribution in [0.15, 0.2) is 36.7 Å². The summed E-state index contributed by atoms with van der Waals surface area (Å²) < 4.78 is 5.18. The van der Waals surface area contributed by atoms with Crippen LogP contribution in [-0.4, -0.2) is 47.1 Å². The first-order valence-corrected chi connectivity index (χ1v) is 8.39. The molecule has 0 atom stereocenters. The fraction of sp³-hybridized carbons (Fsp3) is 0.389. The molecule has 0 saturated carbocycles. The van der Waals surface area contributed by atoms with Crippen LogP contribution < -0.4 is 15.4 Å². The molecule has 7 nitrogen and oxygen atoms in total. The number of piperidine rings is 1. The minimum absolute atomic E-state index is 0.0791. The van der Waals surface area contributed by atoms with E-state index in [0.717, 1.165) is 35.8 Å². The number of rotatable bonds is 4. The van der Waals surface area contributed by atoms with Crippen molar-refractivity contribution in [3.63, 3.8) is 0 Å². The maximum absolute atomic E-state index is 12.4. The van der Waals surface area contributed by atoms with Crippen LogP contribution >= 0.6 is 0 Å². The molecule has 1 fully saturated rings. The average Bonchev–Trinajstić information content (AvgIpc) is 2.62. The molecule has 3 rings (SSSR count). The summed E-state index contributed by atoms with van der Waals surface area (Å²) in [4.78, 5) is 22.6. The normalized spacial score (nSPS) is 14.9. The molecule has 2 heterocycles. The molecule has 2 amide bonds. The zero-order chi connectivity index (χ0) is 17.6. The minimum atomic E-state index is -0.0791. The summed E-state index contributed by atoms with van der Waals surface area (Å²) in [5.74, 6) is 1.56. The van der Waals surface area contributed by atoms with Gasteiger partial charge in [-0.15, -0.1) is 0 Å². The van der Waals surface area contributed by atoms with E-state index in [0.29, 0.717) is 19.1 Å². The summed E-state index contributed by atoms with van der Waals surface area (Å²) in [6, 6.07) is 9.54. The molecular weight excluding hydrogens is 318 g/mol. The summed E-state index contributed by atoms with van der Waals surface area (Å²) >= 11 is 0. The zero-order valence-corrected chi connectivity index (χ0v) is 14.5. The molecular formula is C18H23N5O2. The highest BCUT2D eigenvalue weighted by Gasteiger charge is 2.23. The fourth-order valence-corrected chi connectivity index (χ4v) is 2.87. The van der Waals surface area contributed by atoms with Gasteiger partial charge in [0.1, 0.15) is 17.9 Å². The van der Waals surface area contributed by atoms with E-state index in [-0.39, 0.29) is 6.03 Å². The van der Waals surface area contributed by atoms with Gasteiger partial charge in [0, 0.05) is 42.6 Å². The molecule has 7 heteroatoms. The summed E-state index contributed by atoms with van der Waals surface area (Å²) in [6.45, 7) is 3.35. The Kier molecular flexibility index (Phi) is 5.33. The van der Waals surface area contributed by atoms with Gasteiger partial charge in [-0.05, 0) is 31.9 Å². The van der Waals surface area contributed by atoms with E-state index in [1.54, 1.807) is 13.4 Å². The molecule has 2 N–H and O–H groups in total. The van der Waals surface area contributed by atoms with Crippen LogP contribution in [0.1, 0.15) is 18.5 Å². The van der Waals surface area contributed by atoms with Gasteiger partial charge >= 0.3 is 6.03 Å². The van der Waals surface area contributed by atoms with Gasteiger partial charge in [-0.1, -0.05) is 6.07 Å². The quantitative estimate of drug-likeness (QED) is 0.894. The van der Waals surface area contributed by atoms with Gasteiger partial charge in [0.25, 0.3) is 0 Å². The Bertz CT molecular complexity index is 729. The molecule has 0 bridgehead atoms. The molecule has 0 radical (unpaired) electrons. The third-order valence-corrected chi connectivity index (χ3v) is 4.26. The maximum Gasteiger partial charge on any atom is 0.321 e. The number of nitrogens with one attached hydrogen (secondary N) is 2. The Morgan fingerprint density at radius 1 is 1.24 bits per heavy atom. The highest BCUT2D eigenvalue weighted by molar-refractivity contribution is 5.89. The molecule has 0 aliphatic carbocycles. The topological polar surface area (TPSA) is 79.4 Å². The van der Waals surface area contributed by atoms with Crippen molar-refractivity contribution in [3.8, 4) is 5.75 Å². The highest BCUT2D eigenvalue weighted by atomic mass is 16.5. The highest BCUT2D eigenvalue weighted by Crippen LogP contribution is 2.19. The number of carbonyl (C=O) groups is 1. The van der Waals surface area contributed by atoms with E-state index in [9.17, 15) is 4.79 Å². The number of carbonyl (C=O) groups excluding carboxylic acids is 1. The number of urea groups is 1. The molecule has 0 unspecified atom stereocenters. The van der Waals surface area contributed by atoms with Gasteiger partial charge in [0.2, 0.25) is 0 Å². The number of ether oxygens (including phenoxy) is 1. The first-order chi connectivity index (χ1) is 12.1. The lowest BCUT2D eigenvalue weighted by Gasteiger charge is -2.32. The average molecular weight is 341 g/mol. The third kappa shape index (κ3) is 4.59. The minimum Gasteiger partial charge on any atom is -0.497 e. The first kappa shape index (κ1) is 17.0. The van der Waals surface area contributed by atoms with Crippen molar-refractivity contribution in [1.29, 1.82) is 0 Å². The molecule has 25 heavy (non-hydrogen) atoms. The van der Waals surface area contributed by atoms with Crippen LogP contribution in [0.25, 0.3) is 0 Å². The van der Waals surface area contributed by atoms with E-state index in [2.05, 4.69) is 20.6 Å². The Morgan fingerprint density at radius 3 is 2.76 bits per heavy atom. The van der Waals surface area contributed by atoms with Gasteiger partial charge in [0.15, 0.2) is 0 Å². The summed E-state index contributed by atoms with van der Waals surface area (Å²) in [6.07, 6.45) is 3.33. The Balaban J connectivity index is 1.50. The van der Waals surface area contributed by atoms with Gasteiger partial charge in [-0.25, -0.2) is 14.8 Å². The van der Waals surface area contributed by atoms with Gasteiger partial charge in [-0.3, -0.25) is 0 Å². The molecule has 0 spiro atoms. The van der Waals surface area contributed by atoms with Crippen molar-refractivity contribution in [2.24, 2.45) is 0 Å². The monoisotopic (exact) mass is 341 g/mol. The lowest BCUT2D eigenvalue weighted by molar-refractivity contribution is 0.197. The lowest BCUT2D eigenvalue weighted by atomic mass is 10.1. The number of likely N-dealkylation sites (tertiary alicyclic amines) is 1. The van der Waals surface area contributed by atoms with Gasteiger partial charge in [0.05, 0.1) is 7.11 Å². The molecule has 1 aliphatic heterocycles. The molecule has 1 aromatic heterocycles. The van der Waals surface area contributed by atoms with E-state index < -0.39 is 0 Å². The molecule has 132 valence electrons. The zero-order valence-electron chi connectivity index (χ0n) is 14.5. The van der Waals surface area contributed by atoms with Crippen LogP contribution in [0, 0.1) is 6.92 Å². The van der Waals surface area contributed by atoms with E-state index in [1.165, 1.54) is 0 Å².